The Balaban J connectivity index is 2.48. The van der Waals surface area contributed by atoms with E-state index in [2.05, 4.69) is 11.2 Å². The van der Waals surface area contributed by atoms with E-state index in [1.54, 1.807) is 12.4 Å². The average Bonchev–Trinajstić information content (AvgIpc) is 2.15. The Bertz CT molecular complexity index is 213. The predicted octanol–water partition coefficient (Wildman–Crippen LogP) is 1.83. The molecular weight excluding hydrogens is 168 g/mol. The molecule has 12 heavy (non-hydrogen) atoms. The van der Waals surface area contributed by atoms with Gasteiger partial charge in [-0.25, -0.2) is 0 Å². The molecule has 0 radical (unpaired) electrons. The van der Waals surface area contributed by atoms with E-state index >= 15 is 0 Å². The first kappa shape index (κ1) is 9.55. The normalized spacial score (nSPS) is 12.8. The van der Waals surface area contributed by atoms with Crippen LogP contribution in [0.2, 0.25) is 0 Å². The third-order valence-electron chi connectivity index (χ3n) is 1.77. The van der Waals surface area contributed by atoms with Crippen molar-refractivity contribution >= 4 is 11.8 Å². The van der Waals surface area contributed by atoms with Crippen molar-refractivity contribution in [2.24, 2.45) is 5.73 Å². The highest BCUT2D eigenvalue weighted by Gasteiger charge is 2.03. The minimum Gasteiger partial charge on any atom is -0.324 e. The largest absolute Gasteiger partial charge is 0.324 e. The number of nitrogens with two attached hydrogens (primary N) is 1. The Morgan fingerprint density at radius 2 is 2.17 bits per heavy atom. The highest BCUT2D eigenvalue weighted by molar-refractivity contribution is 7.98. The number of rotatable bonds is 4. The Labute approximate surface area is 77.6 Å². The molecule has 0 aliphatic rings. The van der Waals surface area contributed by atoms with Gasteiger partial charge in [0.25, 0.3) is 0 Å². The van der Waals surface area contributed by atoms with E-state index in [1.807, 2.05) is 23.9 Å². The second-order valence-electron chi connectivity index (χ2n) is 2.67. The maximum absolute atomic E-state index is 5.94. The van der Waals surface area contributed by atoms with Crippen molar-refractivity contribution in [1.29, 1.82) is 0 Å². The lowest BCUT2D eigenvalue weighted by molar-refractivity contribution is 0.704. The van der Waals surface area contributed by atoms with Crippen molar-refractivity contribution in [3.8, 4) is 0 Å². The molecule has 0 aliphatic carbocycles. The molecule has 0 aromatic carbocycles. The van der Waals surface area contributed by atoms with Gasteiger partial charge in [0.2, 0.25) is 0 Å². The predicted molar refractivity (Wildman–Crippen MR) is 54.2 cm³/mol. The first-order valence-electron chi connectivity index (χ1n) is 3.99. The summed E-state index contributed by atoms with van der Waals surface area (Å²) in [4.78, 5) is 3.95. The molecular formula is C9H14N2S. The molecule has 1 rings (SSSR count). The molecule has 2 N–H and O–H groups in total. The molecule has 66 valence electrons. The average molecular weight is 182 g/mol. The molecule has 0 aliphatic heterocycles. The van der Waals surface area contributed by atoms with Crippen LogP contribution in [0.4, 0.5) is 0 Å². The van der Waals surface area contributed by atoms with Gasteiger partial charge >= 0.3 is 0 Å². The van der Waals surface area contributed by atoms with Crippen LogP contribution in [0.5, 0.6) is 0 Å². The van der Waals surface area contributed by atoms with Crippen molar-refractivity contribution in [2.75, 3.05) is 12.0 Å². The molecule has 1 aromatic rings. The lowest BCUT2D eigenvalue weighted by atomic mass is 10.1. The molecule has 1 heterocycles. The number of hydrogen-bond acceptors (Lipinski definition) is 3. The van der Waals surface area contributed by atoms with Gasteiger partial charge in [-0.05, 0) is 36.1 Å². The minimum absolute atomic E-state index is 0.167. The van der Waals surface area contributed by atoms with Crippen LogP contribution in [0.25, 0.3) is 0 Å². The number of hydrogen-bond donors (Lipinski definition) is 1. The van der Waals surface area contributed by atoms with E-state index in [-0.39, 0.29) is 6.04 Å². The van der Waals surface area contributed by atoms with Crippen LogP contribution in [0.3, 0.4) is 0 Å². The fraction of sp³-hybridized carbons (Fsp3) is 0.444. The molecule has 3 heteroatoms. The Morgan fingerprint density at radius 3 is 2.75 bits per heavy atom. The van der Waals surface area contributed by atoms with Crippen molar-refractivity contribution in [3.63, 3.8) is 0 Å². The summed E-state index contributed by atoms with van der Waals surface area (Å²) in [5.41, 5.74) is 7.12. The van der Waals surface area contributed by atoms with Crippen LogP contribution in [-0.2, 0) is 0 Å². The van der Waals surface area contributed by atoms with Gasteiger partial charge in [0, 0.05) is 18.4 Å². The Hall–Kier alpha value is -0.540. The zero-order chi connectivity index (χ0) is 8.81. The monoisotopic (exact) mass is 182 g/mol. The van der Waals surface area contributed by atoms with E-state index < -0.39 is 0 Å². The lowest BCUT2D eigenvalue weighted by Gasteiger charge is -2.09. The SMILES string of the molecule is CSCCC(N)c1ccncc1. The highest BCUT2D eigenvalue weighted by atomic mass is 32.2. The maximum atomic E-state index is 5.94. The summed E-state index contributed by atoms with van der Waals surface area (Å²) < 4.78 is 0. The first-order valence-corrected chi connectivity index (χ1v) is 5.38. The smallest absolute Gasteiger partial charge is 0.0303 e. The van der Waals surface area contributed by atoms with Gasteiger partial charge in [0.05, 0.1) is 0 Å². The van der Waals surface area contributed by atoms with Gasteiger partial charge in [-0.3, -0.25) is 4.98 Å². The molecule has 0 saturated carbocycles. The number of nitrogens with zero attached hydrogens (tertiary/aromatic N) is 1. The van der Waals surface area contributed by atoms with Crippen molar-refractivity contribution in [2.45, 2.75) is 12.5 Å². The first-order chi connectivity index (χ1) is 5.84. The van der Waals surface area contributed by atoms with Crippen molar-refractivity contribution in [1.82, 2.24) is 4.98 Å². The van der Waals surface area contributed by atoms with Crippen LogP contribution in [0.1, 0.15) is 18.0 Å². The molecule has 0 amide bonds. The van der Waals surface area contributed by atoms with Gasteiger partial charge < -0.3 is 5.73 Å². The van der Waals surface area contributed by atoms with Crippen LogP contribution in [0.15, 0.2) is 24.5 Å². The summed E-state index contributed by atoms with van der Waals surface area (Å²) in [6.45, 7) is 0. The van der Waals surface area contributed by atoms with E-state index in [0.717, 1.165) is 12.2 Å². The fourth-order valence-electron chi connectivity index (χ4n) is 1.02. The number of pyridine rings is 1. The van der Waals surface area contributed by atoms with Gasteiger partial charge in [0.15, 0.2) is 0 Å². The Morgan fingerprint density at radius 1 is 1.50 bits per heavy atom. The molecule has 2 nitrogen and oxygen atoms in total. The fourth-order valence-corrected chi connectivity index (χ4v) is 1.51. The topological polar surface area (TPSA) is 38.9 Å². The molecule has 0 bridgehead atoms. The zero-order valence-corrected chi connectivity index (χ0v) is 8.05. The van der Waals surface area contributed by atoms with Crippen LogP contribution in [0, 0.1) is 0 Å². The van der Waals surface area contributed by atoms with E-state index in [0.29, 0.717) is 0 Å². The standard InChI is InChI=1S/C9H14N2S/c1-12-7-4-9(10)8-2-5-11-6-3-8/h2-3,5-6,9H,4,7,10H2,1H3. The molecule has 1 aromatic heterocycles. The van der Waals surface area contributed by atoms with Crippen LogP contribution >= 0.6 is 11.8 Å². The van der Waals surface area contributed by atoms with Crippen LogP contribution < -0.4 is 5.73 Å². The third kappa shape index (κ3) is 2.83. The van der Waals surface area contributed by atoms with Gasteiger partial charge in [-0.2, -0.15) is 11.8 Å². The Kier molecular flexibility index (Phi) is 4.11. The van der Waals surface area contributed by atoms with E-state index in [1.165, 1.54) is 5.56 Å². The summed E-state index contributed by atoms with van der Waals surface area (Å²) in [6.07, 6.45) is 6.70. The molecule has 0 saturated heterocycles. The maximum Gasteiger partial charge on any atom is 0.0303 e. The summed E-state index contributed by atoms with van der Waals surface area (Å²) >= 11 is 1.83. The minimum atomic E-state index is 0.167. The quantitative estimate of drug-likeness (QED) is 0.772. The summed E-state index contributed by atoms with van der Waals surface area (Å²) in [5, 5.41) is 0. The second kappa shape index (κ2) is 5.17. The van der Waals surface area contributed by atoms with Crippen LogP contribution in [-0.4, -0.2) is 17.0 Å². The highest BCUT2D eigenvalue weighted by Crippen LogP contribution is 2.14. The molecule has 1 atom stereocenters. The molecule has 0 spiro atoms. The summed E-state index contributed by atoms with van der Waals surface area (Å²) in [5.74, 6) is 1.11. The summed E-state index contributed by atoms with van der Waals surface area (Å²) in [7, 11) is 0. The van der Waals surface area contributed by atoms with Gasteiger partial charge in [-0.15, -0.1) is 0 Å². The zero-order valence-electron chi connectivity index (χ0n) is 7.23. The van der Waals surface area contributed by atoms with Crippen molar-refractivity contribution in [3.05, 3.63) is 30.1 Å². The van der Waals surface area contributed by atoms with Gasteiger partial charge in [-0.1, -0.05) is 0 Å². The third-order valence-corrected chi connectivity index (χ3v) is 2.41. The lowest BCUT2D eigenvalue weighted by Crippen LogP contribution is -2.10. The van der Waals surface area contributed by atoms with Gasteiger partial charge in [0.1, 0.15) is 0 Å². The second-order valence-corrected chi connectivity index (χ2v) is 3.65. The number of thioether (sulfide) groups is 1. The van der Waals surface area contributed by atoms with Crippen molar-refractivity contribution < 1.29 is 0 Å². The van der Waals surface area contributed by atoms with E-state index in [4.69, 9.17) is 5.73 Å². The number of aromatic nitrogens is 1. The molecule has 1 unspecified atom stereocenters. The molecule has 0 fully saturated rings. The summed E-state index contributed by atoms with van der Waals surface area (Å²) in [6, 6.07) is 4.12. The van der Waals surface area contributed by atoms with E-state index in [9.17, 15) is 0 Å².